The number of aryl methyl sites for hydroxylation is 3. The number of hydrogen-bond donors (Lipinski definition) is 2. The van der Waals surface area contributed by atoms with E-state index in [0.29, 0.717) is 28.9 Å². The number of nitrogens with zero attached hydrogens (tertiary/aromatic N) is 3. The van der Waals surface area contributed by atoms with Crippen LogP contribution in [0.4, 0.5) is 23.1 Å². The first kappa shape index (κ1) is 27.1. The standard InChI is InChI=1S/C29H37ClN5O2P/c1-19-5-12-26(27(15-19)38(3,4)36)33-28-25(30)17-31-29(34-28)32-22-9-6-20-7-10-23(11-8-21(20)16-22)35-14-13-24(18-35)37-2/h5-6,9,12,15-17,23-24H,7-8,10-11,13-14,18H2,1-4H3,(H2,31,32,33,34)/t23-,24-/m1/s1. The fraction of sp³-hybridized carbons (Fsp3) is 0.448. The van der Waals surface area contributed by atoms with Crippen molar-refractivity contribution in [1.82, 2.24) is 14.9 Å². The van der Waals surface area contributed by atoms with Crippen LogP contribution in [0, 0.1) is 6.92 Å². The molecular weight excluding hydrogens is 517 g/mol. The Kier molecular flexibility index (Phi) is 8.11. The van der Waals surface area contributed by atoms with Crippen LogP contribution in [0.15, 0.2) is 42.6 Å². The summed E-state index contributed by atoms with van der Waals surface area (Å²) in [7, 11) is -0.684. The molecule has 202 valence electrons. The van der Waals surface area contributed by atoms with E-state index in [1.807, 2.05) is 32.2 Å². The molecule has 5 rings (SSSR count). The smallest absolute Gasteiger partial charge is 0.229 e. The molecular formula is C29H37ClN5O2P. The maximum absolute atomic E-state index is 12.9. The van der Waals surface area contributed by atoms with Crippen LogP contribution < -0.4 is 15.9 Å². The molecule has 2 aliphatic rings. The number of methoxy groups -OCH3 is 1. The summed E-state index contributed by atoms with van der Waals surface area (Å²) in [5.41, 5.74) is 5.57. The molecule has 0 spiro atoms. The number of benzene rings is 2. The van der Waals surface area contributed by atoms with Gasteiger partial charge >= 0.3 is 0 Å². The fourth-order valence-corrected chi connectivity index (χ4v) is 6.94. The van der Waals surface area contributed by atoms with E-state index in [0.717, 1.165) is 61.0 Å². The van der Waals surface area contributed by atoms with Crippen LogP contribution in [-0.2, 0) is 22.1 Å². The highest BCUT2D eigenvalue weighted by Gasteiger charge is 2.29. The van der Waals surface area contributed by atoms with Crippen molar-refractivity contribution in [2.75, 3.05) is 44.2 Å². The number of likely N-dealkylation sites (tertiary alicyclic amines) is 1. The van der Waals surface area contributed by atoms with Crippen molar-refractivity contribution >= 4 is 47.2 Å². The molecule has 0 bridgehead atoms. The van der Waals surface area contributed by atoms with Crippen LogP contribution in [0.5, 0.6) is 0 Å². The van der Waals surface area contributed by atoms with Gasteiger partial charge in [-0.2, -0.15) is 4.98 Å². The highest BCUT2D eigenvalue weighted by Crippen LogP contribution is 2.39. The zero-order valence-electron chi connectivity index (χ0n) is 22.6. The molecule has 3 aromatic rings. The molecule has 2 atom stereocenters. The minimum absolute atomic E-state index is 0.376. The van der Waals surface area contributed by atoms with Gasteiger partial charge in [0.1, 0.15) is 12.2 Å². The monoisotopic (exact) mass is 553 g/mol. The number of aromatic nitrogens is 2. The predicted octanol–water partition coefficient (Wildman–Crippen LogP) is 6.14. The van der Waals surface area contributed by atoms with E-state index in [2.05, 4.69) is 43.7 Å². The topological polar surface area (TPSA) is 79.4 Å². The van der Waals surface area contributed by atoms with Crippen LogP contribution >= 0.6 is 18.7 Å². The Morgan fingerprint density at radius 1 is 1.05 bits per heavy atom. The molecule has 0 radical (unpaired) electrons. The maximum atomic E-state index is 12.9. The van der Waals surface area contributed by atoms with Gasteiger partial charge in [-0.05, 0) is 87.7 Å². The zero-order chi connectivity index (χ0) is 26.9. The normalized spacial score (nSPS) is 20.1. The lowest BCUT2D eigenvalue weighted by molar-refractivity contribution is 0.0989. The molecule has 38 heavy (non-hydrogen) atoms. The number of ether oxygens (including phenoxy) is 1. The van der Waals surface area contributed by atoms with E-state index >= 15 is 0 Å². The van der Waals surface area contributed by atoms with Crippen molar-refractivity contribution in [3.05, 3.63) is 64.3 Å². The van der Waals surface area contributed by atoms with E-state index in [9.17, 15) is 4.57 Å². The molecule has 2 heterocycles. The lowest BCUT2D eigenvalue weighted by atomic mass is 10.0. The SMILES string of the molecule is CO[C@@H]1CCN([C@@H]2CCc3ccc(Nc4ncc(Cl)c(Nc5ccc(C)cc5P(C)(C)=O)n4)cc3CC2)C1. The molecule has 0 amide bonds. The molecule has 1 saturated heterocycles. The molecule has 0 unspecified atom stereocenters. The fourth-order valence-electron chi connectivity index (χ4n) is 5.58. The van der Waals surface area contributed by atoms with Gasteiger partial charge in [0.05, 0.1) is 18.0 Å². The Labute approximate surface area is 230 Å². The van der Waals surface area contributed by atoms with Crippen molar-refractivity contribution in [3.8, 4) is 0 Å². The Balaban J connectivity index is 1.30. The van der Waals surface area contributed by atoms with E-state index in [4.69, 9.17) is 16.3 Å². The summed E-state index contributed by atoms with van der Waals surface area (Å²) in [5, 5.41) is 7.82. The van der Waals surface area contributed by atoms with Gasteiger partial charge in [-0.25, -0.2) is 4.98 Å². The molecule has 1 aliphatic carbocycles. The Hall–Kier alpha value is -2.44. The molecule has 9 heteroatoms. The van der Waals surface area contributed by atoms with Crippen LogP contribution in [0.1, 0.15) is 36.0 Å². The summed E-state index contributed by atoms with van der Waals surface area (Å²) in [5.74, 6) is 0.927. The summed E-state index contributed by atoms with van der Waals surface area (Å²) >= 11 is 6.45. The Morgan fingerprint density at radius 2 is 1.84 bits per heavy atom. The second-order valence-electron chi connectivity index (χ2n) is 10.9. The third-order valence-electron chi connectivity index (χ3n) is 7.71. The summed E-state index contributed by atoms with van der Waals surface area (Å²) in [6.45, 7) is 7.71. The summed E-state index contributed by atoms with van der Waals surface area (Å²) in [6.07, 6.45) is 7.60. The maximum Gasteiger partial charge on any atom is 0.229 e. The Morgan fingerprint density at radius 3 is 2.58 bits per heavy atom. The third-order valence-corrected chi connectivity index (χ3v) is 9.52. The molecule has 2 aromatic carbocycles. The Bertz CT molecular complexity index is 1360. The van der Waals surface area contributed by atoms with Gasteiger partial charge in [-0.3, -0.25) is 4.90 Å². The van der Waals surface area contributed by atoms with Gasteiger partial charge in [0.15, 0.2) is 5.82 Å². The second kappa shape index (κ2) is 11.4. The van der Waals surface area contributed by atoms with Crippen molar-refractivity contribution in [3.63, 3.8) is 0 Å². The van der Waals surface area contributed by atoms with Crippen LogP contribution in [-0.4, -0.2) is 60.5 Å². The van der Waals surface area contributed by atoms with E-state index in [1.165, 1.54) is 17.5 Å². The zero-order valence-corrected chi connectivity index (χ0v) is 24.3. The number of rotatable bonds is 7. The average molecular weight is 554 g/mol. The first-order valence-corrected chi connectivity index (χ1v) is 16.3. The van der Waals surface area contributed by atoms with Crippen molar-refractivity contribution < 1.29 is 9.30 Å². The lowest BCUT2D eigenvalue weighted by Crippen LogP contribution is -2.34. The lowest BCUT2D eigenvalue weighted by Gasteiger charge is -2.26. The van der Waals surface area contributed by atoms with Crippen molar-refractivity contribution in [2.24, 2.45) is 0 Å². The van der Waals surface area contributed by atoms with E-state index in [-0.39, 0.29) is 0 Å². The molecule has 1 fully saturated rings. The average Bonchev–Trinajstić information content (AvgIpc) is 3.27. The number of halogens is 1. The predicted molar refractivity (Wildman–Crippen MR) is 158 cm³/mol. The quantitative estimate of drug-likeness (QED) is 0.269. The van der Waals surface area contributed by atoms with Crippen LogP contribution in [0.3, 0.4) is 0 Å². The van der Waals surface area contributed by atoms with Gasteiger partial charge in [0, 0.05) is 37.2 Å². The van der Waals surface area contributed by atoms with Crippen LogP contribution in [0.25, 0.3) is 0 Å². The van der Waals surface area contributed by atoms with Gasteiger partial charge in [0.2, 0.25) is 5.95 Å². The molecule has 0 saturated carbocycles. The third kappa shape index (κ3) is 6.23. The van der Waals surface area contributed by atoms with Crippen LogP contribution in [0.2, 0.25) is 5.02 Å². The minimum atomic E-state index is -2.51. The molecule has 1 aliphatic heterocycles. The highest BCUT2D eigenvalue weighted by atomic mass is 35.5. The number of fused-ring (bicyclic) bond motifs is 1. The summed E-state index contributed by atoms with van der Waals surface area (Å²) in [6, 6.07) is 13.0. The first-order valence-electron chi connectivity index (χ1n) is 13.3. The number of anilines is 4. The van der Waals surface area contributed by atoms with Crippen molar-refractivity contribution in [2.45, 2.75) is 51.2 Å². The first-order chi connectivity index (χ1) is 18.2. The number of nitrogens with one attached hydrogen (secondary N) is 2. The van der Waals surface area contributed by atoms with Crippen molar-refractivity contribution in [1.29, 1.82) is 0 Å². The molecule has 7 nitrogen and oxygen atoms in total. The minimum Gasteiger partial charge on any atom is -0.380 e. The van der Waals surface area contributed by atoms with Gasteiger partial charge in [-0.1, -0.05) is 29.3 Å². The summed E-state index contributed by atoms with van der Waals surface area (Å²) in [4.78, 5) is 11.7. The second-order valence-corrected chi connectivity index (χ2v) is 14.5. The van der Waals surface area contributed by atoms with Gasteiger partial charge in [-0.15, -0.1) is 0 Å². The largest absolute Gasteiger partial charge is 0.380 e. The number of hydrogen-bond acceptors (Lipinski definition) is 7. The molecule has 2 N–H and O–H groups in total. The molecule has 1 aromatic heterocycles. The van der Waals surface area contributed by atoms with E-state index in [1.54, 1.807) is 19.5 Å². The summed E-state index contributed by atoms with van der Waals surface area (Å²) < 4.78 is 18.5. The van der Waals surface area contributed by atoms with E-state index < -0.39 is 7.14 Å². The van der Waals surface area contributed by atoms with Gasteiger partial charge in [0.25, 0.3) is 0 Å². The van der Waals surface area contributed by atoms with Gasteiger partial charge < -0.3 is 19.9 Å². The highest BCUT2D eigenvalue weighted by molar-refractivity contribution is 7.70.